The first-order valence-electron chi connectivity index (χ1n) is 9.17. The molecule has 0 fully saturated rings. The first-order chi connectivity index (χ1) is 14.8. The Labute approximate surface area is 182 Å². The maximum absolute atomic E-state index is 14.1. The predicted molar refractivity (Wildman–Crippen MR) is 110 cm³/mol. The van der Waals surface area contributed by atoms with Gasteiger partial charge in [0, 0.05) is 24.3 Å². The van der Waals surface area contributed by atoms with Crippen LogP contribution in [0.5, 0.6) is 5.75 Å². The van der Waals surface area contributed by atoms with Gasteiger partial charge in [-0.05, 0) is 42.3 Å². The molecule has 0 bridgehead atoms. The second kappa shape index (κ2) is 8.30. The van der Waals surface area contributed by atoms with E-state index in [0.717, 1.165) is 13.2 Å². The lowest BCUT2D eigenvalue weighted by Crippen LogP contribution is -2.24. The third-order valence-corrected chi connectivity index (χ3v) is 5.71. The Morgan fingerprint density at radius 3 is 2.12 bits per heavy atom. The van der Waals surface area contributed by atoms with Crippen LogP contribution in [0.15, 0.2) is 47.4 Å². The number of nitrogens with zero attached hydrogens (tertiary/aromatic N) is 2. The summed E-state index contributed by atoms with van der Waals surface area (Å²) in [5.41, 5.74) is -0.788. The van der Waals surface area contributed by atoms with Crippen molar-refractivity contribution in [1.82, 2.24) is 9.94 Å². The number of carbonyl (C=O) groups is 1. The summed E-state index contributed by atoms with van der Waals surface area (Å²) in [7, 11) is -2.07. The molecule has 0 radical (unpaired) electrons. The molecule has 170 valence electrons. The Bertz CT molecular complexity index is 1280. The van der Waals surface area contributed by atoms with Gasteiger partial charge in [0.25, 0.3) is 0 Å². The standard InChI is InChI=1S/C21H19F3N2O5S/c1-12-11-15(7-10-17(12)30-3)18-19(14-5-8-16(9-6-14)32(4,28)29)25-26(31-13(2)27)20(18)21(22,23)24/h5-11H,1-4H3. The van der Waals surface area contributed by atoms with Gasteiger partial charge in [0.1, 0.15) is 11.4 Å². The number of aryl methyl sites for hydroxylation is 1. The Hall–Kier alpha value is -3.34. The number of methoxy groups -OCH3 is 1. The summed E-state index contributed by atoms with van der Waals surface area (Å²) in [4.78, 5) is 16.3. The first kappa shape index (κ1) is 23.3. The van der Waals surface area contributed by atoms with E-state index >= 15 is 0 Å². The molecule has 0 unspecified atom stereocenters. The molecular formula is C21H19F3N2O5S. The first-order valence-corrected chi connectivity index (χ1v) is 11.1. The summed E-state index contributed by atoms with van der Waals surface area (Å²) >= 11 is 0. The van der Waals surface area contributed by atoms with Crippen molar-refractivity contribution < 1.29 is 36.0 Å². The quantitative estimate of drug-likeness (QED) is 0.564. The lowest BCUT2D eigenvalue weighted by atomic mass is 9.97. The Morgan fingerprint density at radius 2 is 1.66 bits per heavy atom. The Kier molecular flexibility index (Phi) is 6.05. The molecule has 0 N–H and O–H groups in total. The fourth-order valence-electron chi connectivity index (χ4n) is 3.21. The van der Waals surface area contributed by atoms with Gasteiger partial charge in [0.05, 0.1) is 12.0 Å². The smallest absolute Gasteiger partial charge is 0.437 e. The fraction of sp³-hybridized carbons (Fsp3) is 0.238. The van der Waals surface area contributed by atoms with Crippen LogP contribution in [0.3, 0.4) is 0 Å². The lowest BCUT2D eigenvalue weighted by molar-refractivity contribution is -0.161. The van der Waals surface area contributed by atoms with E-state index in [9.17, 15) is 26.4 Å². The number of aromatic nitrogens is 2. The van der Waals surface area contributed by atoms with Gasteiger partial charge < -0.3 is 9.57 Å². The third-order valence-electron chi connectivity index (χ3n) is 4.58. The van der Waals surface area contributed by atoms with E-state index in [1.165, 1.54) is 49.6 Å². The number of sulfone groups is 1. The van der Waals surface area contributed by atoms with E-state index in [1.54, 1.807) is 6.92 Å². The monoisotopic (exact) mass is 468 g/mol. The molecule has 11 heteroatoms. The van der Waals surface area contributed by atoms with Crippen molar-refractivity contribution in [3.8, 4) is 28.1 Å². The zero-order valence-electron chi connectivity index (χ0n) is 17.5. The number of carbonyl (C=O) groups excluding carboxylic acids is 1. The molecule has 2 aromatic carbocycles. The maximum atomic E-state index is 14.1. The molecule has 0 atom stereocenters. The van der Waals surface area contributed by atoms with Crippen LogP contribution in [-0.4, -0.2) is 37.7 Å². The molecular weight excluding hydrogens is 449 g/mol. The Balaban J connectivity index is 2.34. The van der Waals surface area contributed by atoms with Crippen LogP contribution in [0, 0.1) is 6.92 Å². The minimum Gasteiger partial charge on any atom is -0.496 e. The second-order valence-electron chi connectivity index (χ2n) is 7.01. The van der Waals surface area contributed by atoms with E-state index in [-0.39, 0.29) is 32.1 Å². The average Bonchev–Trinajstić information content (AvgIpc) is 3.06. The number of alkyl halides is 3. The van der Waals surface area contributed by atoms with Crippen molar-refractivity contribution in [3.63, 3.8) is 0 Å². The van der Waals surface area contributed by atoms with Crippen molar-refractivity contribution in [2.75, 3.05) is 13.4 Å². The normalized spacial score (nSPS) is 12.0. The van der Waals surface area contributed by atoms with Gasteiger partial charge in [-0.15, -0.1) is 5.10 Å². The average molecular weight is 468 g/mol. The van der Waals surface area contributed by atoms with Crippen LogP contribution in [0.1, 0.15) is 18.2 Å². The molecule has 3 rings (SSSR count). The van der Waals surface area contributed by atoms with Crippen molar-refractivity contribution in [2.45, 2.75) is 24.9 Å². The largest absolute Gasteiger partial charge is 0.496 e. The van der Waals surface area contributed by atoms with Gasteiger partial charge in [-0.2, -0.15) is 13.2 Å². The highest BCUT2D eigenvalue weighted by Crippen LogP contribution is 2.43. The number of ether oxygens (including phenoxy) is 1. The minimum absolute atomic E-state index is 0.00134. The molecule has 3 aromatic rings. The molecule has 0 aliphatic carbocycles. The van der Waals surface area contributed by atoms with Crippen LogP contribution in [0.2, 0.25) is 0 Å². The van der Waals surface area contributed by atoms with Crippen molar-refractivity contribution in [3.05, 3.63) is 53.7 Å². The zero-order valence-corrected chi connectivity index (χ0v) is 18.3. The van der Waals surface area contributed by atoms with E-state index < -0.39 is 27.7 Å². The second-order valence-corrected chi connectivity index (χ2v) is 9.02. The highest BCUT2D eigenvalue weighted by Gasteiger charge is 2.42. The van der Waals surface area contributed by atoms with Crippen LogP contribution in [0.4, 0.5) is 13.2 Å². The van der Waals surface area contributed by atoms with Gasteiger partial charge in [0.2, 0.25) is 0 Å². The van der Waals surface area contributed by atoms with Crippen LogP contribution < -0.4 is 9.57 Å². The topological polar surface area (TPSA) is 87.5 Å². The molecule has 0 aliphatic rings. The van der Waals surface area contributed by atoms with Gasteiger partial charge in [-0.1, -0.05) is 23.0 Å². The summed E-state index contributed by atoms with van der Waals surface area (Å²) in [6.45, 7) is 2.63. The van der Waals surface area contributed by atoms with Crippen LogP contribution >= 0.6 is 0 Å². The number of benzene rings is 2. The molecule has 0 saturated carbocycles. The number of hydrogen-bond donors (Lipinski definition) is 0. The van der Waals surface area contributed by atoms with Gasteiger partial charge >= 0.3 is 12.1 Å². The number of rotatable bonds is 5. The third kappa shape index (κ3) is 4.62. The SMILES string of the molecule is COc1ccc(-c2c(-c3ccc(S(C)(=O)=O)cc3)nn(OC(C)=O)c2C(F)(F)F)cc1C. The van der Waals surface area contributed by atoms with Crippen molar-refractivity contribution >= 4 is 15.8 Å². The molecule has 32 heavy (non-hydrogen) atoms. The summed E-state index contributed by atoms with van der Waals surface area (Å²) in [5, 5.41) is 3.90. The van der Waals surface area contributed by atoms with Crippen molar-refractivity contribution in [1.29, 1.82) is 0 Å². The summed E-state index contributed by atoms with van der Waals surface area (Å²) in [5.74, 6) is -0.511. The van der Waals surface area contributed by atoms with E-state index in [4.69, 9.17) is 9.57 Å². The summed E-state index contributed by atoms with van der Waals surface area (Å²) < 4.78 is 70.9. The van der Waals surface area contributed by atoms with E-state index in [2.05, 4.69) is 5.10 Å². The number of halogens is 3. The molecule has 1 aromatic heterocycles. The maximum Gasteiger partial charge on any atom is 0.437 e. The molecule has 0 amide bonds. The minimum atomic E-state index is -4.92. The fourth-order valence-corrected chi connectivity index (χ4v) is 3.84. The molecule has 0 saturated heterocycles. The van der Waals surface area contributed by atoms with Gasteiger partial charge in [0.15, 0.2) is 15.5 Å². The van der Waals surface area contributed by atoms with Crippen LogP contribution in [0.25, 0.3) is 22.4 Å². The highest BCUT2D eigenvalue weighted by molar-refractivity contribution is 7.90. The van der Waals surface area contributed by atoms with E-state index in [0.29, 0.717) is 11.3 Å². The summed E-state index contributed by atoms with van der Waals surface area (Å²) in [6.07, 6.45) is -3.90. The molecule has 1 heterocycles. The van der Waals surface area contributed by atoms with Gasteiger partial charge in [-0.3, -0.25) is 0 Å². The predicted octanol–water partition coefficient (Wildman–Crippen LogP) is 3.93. The zero-order chi connectivity index (χ0) is 23.8. The summed E-state index contributed by atoms with van der Waals surface area (Å²) in [6, 6.07) is 9.68. The molecule has 0 spiro atoms. The molecule has 7 nitrogen and oxygen atoms in total. The van der Waals surface area contributed by atoms with Crippen LogP contribution in [-0.2, 0) is 20.8 Å². The highest BCUT2D eigenvalue weighted by atomic mass is 32.2. The molecule has 0 aliphatic heterocycles. The number of hydrogen-bond acceptors (Lipinski definition) is 6. The Morgan fingerprint density at radius 1 is 1.06 bits per heavy atom. The van der Waals surface area contributed by atoms with Crippen molar-refractivity contribution in [2.24, 2.45) is 0 Å². The lowest BCUT2D eigenvalue weighted by Gasteiger charge is -2.13. The van der Waals surface area contributed by atoms with Gasteiger partial charge in [-0.25, -0.2) is 13.2 Å². The van der Waals surface area contributed by atoms with E-state index in [1.807, 2.05) is 0 Å².